The first-order valence-electron chi connectivity index (χ1n) is 8.76. The number of nitrogens with one attached hydrogen (secondary N) is 2. The fourth-order valence-corrected chi connectivity index (χ4v) is 2.76. The number of amides is 1. The molecular weight excluding hydrogens is 366 g/mol. The lowest BCUT2D eigenvalue weighted by molar-refractivity contribution is -0.120. The van der Waals surface area contributed by atoms with Crippen LogP contribution in [0.2, 0.25) is 0 Å². The van der Waals surface area contributed by atoms with Gasteiger partial charge in [0.05, 0.1) is 12.1 Å². The number of hydrogen-bond donors (Lipinski definition) is 2. The Bertz CT molecular complexity index is 997. The van der Waals surface area contributed by atoms with Crippen LogP contribution in [0.4, 0.5) is 20.4 Å². The number of hydrogen-bond acceptors (Lipinski definition) is 5. The predicted molar refractivity (Wildman–Crippen MR) is 101 cm³/mol. The van der Waals surface area contributed by atoms with E-state index in [1.54, 1.807) is 4.68 Å². The second-order valence-electron chi connectivity index (χ2n) is 6.26. The smallest absolute Gasteiger partial charge is 0.247 e. The normalized spacial score (nSPS) is 10.8. The van der Waals surface area contributed by atoms with Gasteiger partial charge in [-0.3, -0.25) is 9.78 Å². The van der Waals surface area contributed by atoms with Crippen LogP contribution < -0.4 is 10.6 Å². The first kappa shape index (κ1) is 19.4. The second kappa shape index (κ2) is 8.12. The molecule has 0 radical (unpaired) electrons. The quantitative estimate of drug-likeness (QED) is 0.680. The van der Waals surface area contributed by atoms with E-state index in [2.05, 4.69) is 25.7 Å². The van der Waals surface area contributed by atoms with Crippen LogP contribution in [0.3, 0.4) is 0 Å². The van der Waals surface area contributed by atoms with Crippen molar-refractivity contribution in [2.45, 2.75) is 27.2 Å². The zero-order valence-electron chi connectivity index (χ0n) is 15.8. The molecule has 0 fully saturated rings. The van der Waals surface area contributed by atoms with Crippen molar-refractivity contribution in [2.75, 3.05) is 11.9 Å². The largest absolute Gasteiger partial charge is 0.356 e. The van der Waals surface area contributed by atoms with Gasteiger partial charge in [0.1, 0.15) is 5.82 Å². The number of anilines is 2. The van der Waals surface area contributed by atoms with Gasteiger partial charge in [-0.05, 0) is 45.0 Å². The number of nitrogens with zero attached hydrogens (tertiary/aromatic N) is 4. The molecule has 0 bridgehead atoms. The van der Waals surface area contributed by atoms with Crippen LogP contribution in [-0.2, 0) is 11.2 Å². The first-order chi connectivity index (χ1) is 13.4. The minimum atomic E-state index is -0.979. The number of likely N-dealkylation sites (N-methyl/N-ethyl adjacent to an activating group) is 1. The monoisotopic (exact) mass is 386 g/mol. The second-order valence-corrected chi connectivity index (χ2v) is 6.26. The van der Waals surface area contributed by atoms with E-state index in [0.29, 0.717) is 23.7 Å². The molecule has 0 aliphatic heterocycles. The predicted octanol–water partition coefficient (Wildman–Crippen LogP) is 2.98. The zero-order chi connectivity index (χ0) is 20.3. The highest BCUT2D eigenvalue weighted by molar-refractivity contribution is 5.78. The van der Waals surface area contributed by atoms with Crippen molar-refractivity contribution in [3.63, 3.8) is 0 Å². The Morgan fingerprint density at radius 1 is 1.07 bits per heavy atom. The Labute approximate surface area is 160 Å². The average Bonchev–Trinajstić information content (AvgIpc) is 2.99. The number of pyridine rings is 1. The molecule has 9 heteroatoms. The minimum absolute atomic E-state index is 0.0146. The fourth-order valence-electron chi connectivity index (χ4n) is 2.76. The average molecular weight is 386 g/mol. The summed E-state index contributed by atoms with van der Waals surface area (Å²) in [7, 11) is 0. The van der Waals surface area contributed by atoms with Gasteiger partial charge in [-0.25, -0.2) is 13.5 Å². The first-order valence-corrected chi connectivity index (χ1v) is 8.76. The molecule has 28 heavy (non-hydrogen) atoms. The maximum Gasteiger partial charge on any atom is 0.247 e. The van der Waals surface area contributed by atoms with Crippen molar-refractivity contribution in [3.8, 4) is 5.69 Å². The minimum Gasteiger partial charge on any atom is -0.356 e. The van der Waals surface area contributed by atoms with Gasteiger partial charge in [-0.1, -0.05) is 0 Å². The van der Waals surface area contributed by atoms with Crippen LogP contribution in [0.1, 0.15) is 24.1 Å². The summed E-state index contributed by atoms with van der Waals surface area (Å²) in [6, 6.07) is 7.05. The molecule has 2 N–H and O–H groups in total. The fraction of sp³-hybridized carbons (Fsp3) is 0.263. The molecule has 7 nitrogen and oxygen atoms in total. The zero-order valence-corrected chi connectivity index (χ0v) is 15.8. The van der Waals surface area contributed by atoms with E-state index in [-0.39, 0.29) is 18.3 Å². The Morgan fingerprint density at radius 3 is 2.43 bits per heavy atom. The van der Waals surface area contributed by atoms with Crippen molar-refractivity contribution >= 4 is 17.5 Å². The van der Waals surface area contributed by atoms with E-state index < -0.39 is 11.6 Å². The lowest BCUT2D eigenvalue weighted by atomic mass is 10.2. The number of carbonyl (C=O) groups excluding carboxylic acids is 1. The number of aryl methyl sites for hydroxylation is 2. The van der Waals surface area contributed by atoms with Crippen LogP contribution in [0.25, 0.3) is 5.69 Å². The summed E-state index contributed by atoms with van der Waals surface area (Å²) in [5, 5.41) is 9.96. The van der Waals surface area contributed by atoms with E-state index in [0.717, 1.165) is 23.5 Å². The highest BCUT2D eigenvalue weighted by Crippen LogP contribution is 2.19. The third-order valence-electron chi connectivity index (χ3n) is 3.85. The van der Waals surface area contributed by atoms with Crippen molar-refractivity contribution < 1.29 is 13.6 Å². The van der Waals surface area contributed by atoms with Gasteiger partial charge in [0.15, 0.2) is 11.6 Å². The van der Waals surface area contributed by atoms with Gasteiger partial charge in [-0.15, -0.1) is 5.10 Å². The molecule has 1 amide bonds. The van der Waals surface area contributed by atoms with E-state index in [4.69, 9.17) is 0 Å². The van der Waals surface area contributed by atoms with Crippen molar-refractivity contribution in [1.29, 1.82) is 0 Å². The van der Waals surface area contributed by atoms with Gasteiger partial charge in [0.25, 0.3) is 0 Å². The van der Waals surface area contributed by atoms with Crippen LogP contribution >= 0.6 is 0 Å². The summed E-state index contributed by atoms with van der Waals surface area (Å²) in [6.07, 6.45) is 0.0146. The Balaban J connectivity index is 1.98. The molecule has 0 saturated carbocycles. The van der Waals surface area contributed by atoms with Crippen molar-refractivity contribution in [2.24, 2.45) is 0 Å². The number of benzene rings is 1. The van der Waals surface area contributed by atoms with Gasteiger partial charge in [0.2, 0.25) is 11.9 Å². The highest BCUT2D eigenvalue weighted by atomic mass is 19.2. The Kier molecular flexibility index (Phi) is 5.62. The third kappa shape index (κ3) is 4.48. The van der Waals surface area contributed by atoms with Crippen LogP contribution in [0.5, 0.6) is 0 Å². The van der Waals surface area contributed by atoms with E-state index >= 15 is 0 Å². The molecule has 3 aromatic rings. The Hall–Kier alpha value is -3.36. The van der Waals surface area contributed by atoms with E-state index in [9.17, 15) is 13.6 Å². The van der Waals surface area contributed by atoms with Crippen LogP contribution in [-0.4, -0.2) is 32.2 Å². The standard InChI is InChI=1S/C19H20F2N6O/c1-4-22-18(28)10-17-25-19(24-13-5-6-15(20)16(21)9-13)26-27(17)14-7-11(2)23-12(3)8-14/h5-9H,4,10H2,1-3H3,(H,22,28)(H,24,26). The summed E-state index contributed by atoms with van der Waals surface area (Å²) >= 11 is 0. The number of aromatic nitrogens is 4. The molecule has 0 aliphatic rings. The lowest BCUT2D eigenvalue weighted by Gasteiger charge is -2.07. The van der Waals surface area contributed by atoms with E-state index in [1.807, 2.05) is 32.9 Å². The molecule has 3 rings (SSSR count). The lowest BCUT2D eigenvalue weighted by Crippen LogP contribution is -2.26. The van der Waals surface area contributed by atoms with Gasteiger partial charge in [0, 0.05) is 29.7 Å². The summed E-state index contributed by atoms with van der Waals surface area (Å²) < 4.78 is 28.1. The maximum absolute atomic E-state index is 13.5. The van der Waals surface area contributed by atoms with Crippen LogP contribution in [0.15, 0.2) is 30.3 Å². The number of carbonyl (C=O) groups is 1. The van der Waals surface area contributed by atoms with Gasteiger partial charge in [-0.2, -0.15) is 4.98 Å². The molecule has 146 valence electrons. The van der Waals surface area contributed by atoms with Crippen molar-refractivity contribution in [3.05, 3.63) is 59.2 Å². The number of halogens is 2. The molecule has 2 heterocycles. The molecule has 0 spiro atoms. The van der Waals surface area contributed by atoms with Gasteiger partial charge >= 0.3 is 0 Å². The topological polar surface area (TPSA) is 84.7 Å². The number of rotatable bonds is 6. The van der Waals surface area contributed by atoms with E-state index in [1.165, 1.54) is 6.07 Å². The van der Waals surface area contributed by atoms with Crippen LogP contribution in [0, 0.1) is 25.5 Å². The maximum atomic E-state index is 13.5. The van der Waals surface area contributed by atoms with Crippen molar-refractivity contribution in [1.82, 2.24) is 25.1 Å². The molecule has 2 aromatic heterocycles. The summed E-state index contributed by atoms with van der Waals surface area (Å²) in [4.78, 5) is 20.8. The molecule has 0 saturated heterocycles. The highest BCUT2D eigenvalue weighted by Gasteiger charge is 2.16. The molecular formula is C19H20F2N6O. The summed E-state index contributed by atoms with van der Waals surface area (Å²) in [5.74, 6) is -1.55. The molecule has 0 unspecified atom stereocenters. The molecule has 0 aliphatic carbocycles. The third-order valence-corrected chi connectivity index (χ3v) is 3.85. The molecule has 0 atom stereocenters. The molecule has 1 aromatic carbocycles. The Morgan fingerprint density at radius 2 is 1.79 bits per heavy atom. The SMILES string of the molecule is CCNC(=O)Cc1nc(Nc2ccc(F)c(F)c2)nn1-c1cc(C)nc(C)c1. The van der Waals surface area contributed by atoms with Gasteiger partial charge < -0.3 is 10.6 Å². The summed E-state index contributed by atoms with van der Waals surface area (Å²) in [5.41, 5.74) is 2.59. The summed E-state index contributed by atoms with van der Waals surface area (Å²) in [6.45, 7) is 6.05.